The number of likely N-dealkylation sites (N-methyl/N-ethyl adjacent to an activating group) is 1. The number of rotatable bonds is 8. The van der Waals surface area contributed by atoms with Crippen LogP contribution in [0, 0.1) is 0 Å². The number of benzene rings is 1. The maximum absolute atomic E-state index is 11.9. The molecule has 2 rings (SSSR count). The van der Waals surface area contributed by atoms with Crippen LogP contribution < -0.4 is 25.4 Å². The zero-order valence-corrected chi connectivity index (χ0v) is 14.4. The van der Waals surface area contributed by atoms with Gasteiger partial charge in [0.1, 0.15) is 17.6 Å². The van der Waals surface area contributed by atoms with Gasteiger partial charge in [0.25, 0.3) is 0 Å². The van der Waals surface area contributed by atoms with Crippen molar-refractivity contribution in [2.45, 2.75) is 32.9 Å². The lowest BCUT2D eigenvalue weighted by Gasteiger charge is -2.13. The molecule has 3 N–H and O–H groups in total. The zero-order valence-electron chi connectivity index (χ0n) is 14.4. The van der Waals surface area contributed by atoms with Crippen molar-refractivity contribution in [2.24, 2.45) is 0 Å². The van der Waals surface area contributed by atoms with Crippen molar-refractivity contribution < 1.29 is 19.1 Å². The molecule has 1 heterocycles. The Labute approximate surface area is 142 Å². The Bertz CT molecular complexity index is 604. The van der Waals surface area contributed by atoms with E-state index in [1.165, 1.54) is 0 Å². The average Bonchev–Trinajstić information content (AvgIpc) is 2.91. The molecule has 0 spiro atoms. The van der Waals surface area contributed by atoms with Gasteiger partial charge in [0, 0.05) is 31.1 Å². The Morgan fingerprint density at radius 3 is 2.75 bits per heavy atom. The van der Waals surface area contributed by atoms with Gasteiger partial charge in [-0.05, 0) is 26.0 Å². The van der Waals surface area contributed by atoms with E-state index in [9.17, 15) is 9.59 Å². The van der Waals surface area contributed by atoms with Crippen LogP contribution in [0.2, 0.25) is 0 Å². The van der Waals surface area contributed by atoms with E-state index in [0.717, 1.165) is 29.0 Å². The maximum atomic E-state index is 11.9. The first kappa shape index (κ1) is 18.1. The number of hydrogen-bond donors (Lipinski definition) is 3. The lowest BCUT2D eigenvalue weighted by Crippen LogP contribution is -2.38. The number of ether oxygens (including phenoxy) is 2. The molecule has 1 atom stereocenters. The number of hydrogen-bond acceptors (Lipinski definition) is 5. The Hall–Kier alpha value is -2.28. The predicted octanol–water partition coefficient (Wildman–Crippen LogP) is 0.361. The molecule has 0 bridgehead atoms. The van der Waals surface area contributed by atoms with E-state index in [1.54, 1.807) is 7.05 Å². The van der Waals surface area contributed by atoms with Crippen LogP contribution in [0.3, 0.4) is 0 Å². The zero-order chi connectivity index (χ0) is 17.5. The minimum absolute atomic E-state index is 0.0792. The standard InChI is InChI=1S/C17H25N3O4/c1-4-23-14-6-12-5-11(2)24-15(12)7-13(14)8-20-17(22)10-19-9-16(21)18-3/h6-7,11,19H,4-5,8-10H2,1-3H3,(H,18,21)(H,20,22)/t11-/m0/s1. The molecule has 24 heavy (non-hydrogen) atoms. The van der Waals surface area contributed by atoms with E-state index < -0.39 is 0 Å². The molecule has 1 aliphatic heterocycles. The molecule has 7 heteroatoms. The molecule has 132 valence electrons. The fraction of sp³-hybridized carbons (Fsp3) is 0.529. The van der Waals surface area contributed by atoms with Gasteiger partial charge in [-0.3, -0.25) is 14.9 Å². The number of fused-ring (bicyclic) bond motifs is 1. The van der Waals surface area contributed by atoms with E-state index in [1.807, 2.05) is 26.0 Å². The van der Waals surface area contributed by atoms with Gasteiger partial charge >= 0.3 is 0 Å². The lowest BCUT2D eigenvalue weighted by molar-refractivity contribution is -0.121. The molecule has 0 aliphatic carbocycles. The highest BCUT2D eigenvalue weighted by molar-refractivity contribution is 5.80. The monoisotopic (exact) mass is 335 g/mol. The summed E-state index contributed by atoms with van der Waals surface area (Å²) in [4.78, 5) is 23.0. The van der Waals surface area contributed by atoms with Crippen molar-refractivity contribution in [1.82, 2.24) is 16.0 Å². The summed E-state index contributed by atoms with van der Waals surface area (Å²) < 4.78 is 11.4. The van der Waals surface area contributed by atoms with Gasteiger partial charge in [-0.1, -0.05) is 0 Å². The third kappa shape index (κ3) is 4.86. The summed E-state index contributed by atoms with van der Waals surface area (Å²) in [6.45, 7) is 5.05. The molecule has 1 aromatic rings. The van der Waals surface area contributed by atoms with Gasteiger partial charge in [-0.2, -0.15) is 0 Å². The normalized spacial score (nSPS) is 15.4. The van der Waals surface area contributed by atoms with Gasteiger partial charge in [0.2, 0.25) is 11.8 Å². The highest BCUT2D eigenvalue weighted by Crippen LogP contribution is 2.35. The summed E-state index contributed by atoms with van der Waals surface area (Å²) >= 11 is 0. The van der Waals surface area contributed by atoms with Crippen LogP contribution >= 0.6 is 0 Å². The molecule has 2 amide bonds. The molecule has 0 radical (unpaired) electrons. The van der Waals surface area contributed by atoms with Crippen LogP contribution in [0.5, 0.6) is 11.5 Å². The summed E-state index contributed by atoms with van der Waals surface area (Å²) in [5.41, 5.74) is 2.01. The van der Waals surface area contributed by atoms with Crippen LogP contribution in [-0.2, 0) is 22.6 Å². The molecule has 0 unspecified atom stereocenters. The number of carbonyl (C=O) groups excluding carboxylic acids is 2. The van der Waals surface area contributed by atoms with Crippen LogP contribution in [0.1, 0.15) is 25.0 Å². The van der Waals surface area contributed by atoms with Gasteiger partial charge < -0.3 is 20.1 Å². The molecular formula is C17H25N3O4. The third-order valence-electron chi connectivity index (χ3n) is 3.70. The number of nitrogens with one attached hydrogen (secondary N) is 3. The fourth-order valence-corrected chi connectivity index (χ4v) is 2.54. The van der Waals surface area contributed by atoms with Crippen LogP contribution in [0.25, 0.3) is 0 Å². The highest BCUT2D eigenvalue weighted by atomic mass is 16.5. The van der Waals surface area contributed by atoms with E-state index >= 15 is 0 Å². The molecule has 0 aromatic heterocycles. The fourth-order valence-electron chi connectivity index (χ4n) is 2.54. The van der Waals surface area contributed by atoms with E-state index in [4.69, 9.17) is 9.47 Å². The van der Waals surface area contributed by atoms with Gasteiger partial charge in [-0.15, -0.1) is 0 Å². The topological polar surface area (TPSA) is 88.7 Å². The molecule has 0 fully saturated rings. The second-order valence-electron chi connectivity index (χ2n) is 5.69. The van der Waals surface area contributed by atoms with E-state index in [2.05, 4.69) is 16.0 Å². The van der Waals surface area contributed by atoms with Gasteiger partial charge in [0.15, 0.2) is 0 Å². The Kier molecular flexibility index (Phi) is 6.43. The van der Waals surface area contributed by atoms with Crippen molar-refractivity contribution in [2.75, 3.05) is 26.7 Å². The second kappa shape index (κ2) is 8.54. The summed E-state index contributed by atoms with van der Waals surface area (Å²) in [6, 6.07) is 3.93. The molecular weight excluding hydrogens is 310 g/mol. The quantitative estimate of drug-likeness (QED) is 0.638. The smallest absolute Gasteiger partial charge is 0.234 e. The van der Waals surface area contributed by atoms with Crippen LogP contribution in [0.4, 0.5) is 0 Å². The minimum Gasteiger partial charge on any atom is -0.494 e. The van der Waals surface area contributed by atoms with Crippen molar-refractivity contribution in [3.8, 4) is 11.5 Å². The minimum atomic E-state index is -0.184. The summed E-state index contributed by atoms with van der Waals surface area (Å²) in [5, 5.41) is 8.08. The van der Waals surface area contributed by atoms with Crippen molar-refractivity contribution in [3.05, 3.63) is 23.3 Å². The number of carbonyl (C=O) groups is 2. The largest absolute Gasteiger partial charge is 0.494 e. The first-order valence-corrected chi connectivity index (χ1v) is 8.16. The maximum Gasteiger partial charge on any atom is 0.234 e. The Balaban J connectivity index is 1.92. The second-order valence-corrected chi connectivity index (χ2v) is 5.69. The molecule has 1 aliphatic rings. The van der Waals surface area contributed by atoms with Crippen molar-refractivity contribution in [3.63, 3.8) is 0 Å². The van der Waals surface area contributed by atoms with E-state index in [-0.39, 0.29) is 31.0 Å². The predicted molar refractivity (Wildman–Crippen MR) is 90.2 cm³/mol. The van der Waals surface area contributed by atoms with Crippen molar-refractivity contribution >= 4 is 11.8 Å². The summed E-state index contributed by atoms with van der Waals surface area (Å²) in [5.74, 6) is 1.28. The summed E-state index contributed by atoms with van der Waals surface area (Å²) in [7, 11) is 1.55. The third-order valence-corrected chi connectivity index (χ3v) is 3.70. The Morgan fingerprint density at radius 2 is 2.04 bits per heavy atom. The van der Waals surface area contributed by atoms with Crippen molar-refractivity contribution in [1.29, 1.82) is 0 Å². The molecule has 0 saturated carbocycles. The van der Waals surface area contributed by atoms with Gasteiger partial charge in [0.05, 0.1) is 19.7 Å². The summed E-state index contributed by atoms with van der Waals surface area (Å²) in [6.07, 6.45) is 1.03. The number of amides is 2. The van der Waals surface area contributed by atoms with Crippen LogP contribution in [0.15, 0.2) is 12.1 Å². The lowest BCUT2D eigenvalue weighted by atomic mass is 10.1. The first-order valence-electron chi connectivity index (χ1n) is 8.16. The average molecular weight is 335 g/mol. The first-order chi connectivity index (χ1) is 11.5. The highest BCUT2D eigenvalue weighted by Gasteiger charge is 2.22. The molecule has 0 saturated heterocycles. The Morgan fingerprint density at radius 1 is 1.29 bits per heavy atom. The SMILES string of the molecule is CCOc1cc2c(cc1CNC(=O)CNCC(=O)NC)O[C@@H](C)C2. The molecule has 7 nitrogen and oxygen atoms in total. The van der Waals surface area contributed by atoms with Crippen LogP contribution in [-0.4, -0.2) is 44.7 Å². The van der Waals surface area contributed by atoms with Gasteiger partial charge in [-0.25, -0.2) is 0 Å². The molecule has 1 aromatic carbocycles. The van der Waals surface area contributed by atoms with E-state index in [0.29, 0.717) is 13.2 Å².